The molecular formula is C29H46GdN4O11. The fourth-order valence-electron chi connectivity index (χ4n) is 4.81. The van der Waals surface area contributed by atoms with Crippen molar-refractivity contribution in [2.45, 2.75) is 19.4 Å². The molecule has 1 aliphatic rings. The molecule has 1 fully saturated rings. The average Bonchev–Trinajstić information content (AvgIpc) is 2.95. The summed E-state index contributed by atoms with van der Waals surface area (Å²) in [7, 11) is 0. The Morgan fingerprint density at radius 2 is 1.09 bits per heavy atom. The first-order valence-electron chi connectivity index (χ1n) is 14.7. The van der Waals surface area contributed by atoms with Gasteiger partial charge in [0.05, 0.1) is 39.5 Å². The van der Waals surface area contributed by atoms with Crippen LogP contribution in [0.3, 0.4) is 0 Å². The molecule has 0 spiro atoms. The number of benzene rings is 1. The standard InChI is InChI=1S/C29H46N4O11.Gd/c1-2-42-15-16-43-17-18-44-24-5-3-23(4-6-24)19-25(29(40)41)33-13-11-31(21-27(36)37)9-7-30(20-26(34)35)8-10-32(12-14-33)22-28(38)39;/h3-6,25H,2,7-22H2,1H3,(H,34,35)(H,36,37)(H,38,39)(H,40,41);/t25-;/m0./s1. The molecule has 0 unspecified atom stereocenters. The molecule has 1 atom stereocenters. The van der Waals surface area contributed by atoms with E-state index in [1.54, 1.807) is 43.9 Å². The van der Waals surface area contributed by atoms with Gasteiger partial charge in [0.1, 0.15) is 18.4 Å². The van der Waals surface area contributed by atoms with Gasteiger partial charge in [-0.1, -0.05) is 12.1 Å². The van der Waals surface area contributed by atoms with Crippen LogP contribution in [0, 0.1) is 39.9 Å². The summed E-state index contributed by atoms with van der Waals surface area (Å²) < 4.78 is 16.3. The Bertz CT molecular complexity index is 1000. The van der Waals surface area contributed by atoms with E-state index in [0.717, 1.165) is 5.56 Å². The van der Waals surface area contributed by atoms with Crippen molar-refractivity contribution in [1.82, 2.24) is 19.6 Å². The Kier molecular flexibility index (Phi) is 21.3. The first-order valence-corrected chi connectivity index (χ1v) is 14.7. The van der Waals surface area contributed by atoms with Crippen LogP contribution in [0.5, 0.6) is 5.75 Å². The van der Waals surface area contributed by atoms with E-state index < -0.39 is 29.9 Å². The second-order valence-electron chi connectivity index (χ2n) is 10.4. The monoisotopic (exact) mass is 784 g/mol. The number of aliphatic carboxylic acids is 4. The predicted octanol–water partition coefficient (Wildman–Crippen LogP) is -0.410. The van der Waals surface area contributed by atoms with Crippen molar-refractivity contribution in [2.24, 2.45) is 0 Å². The third-order valence-electron chi connectivity index (χ3n) is 7.10. The smallest absolute Gasteiger partial charge is 0.321 e. The van der Waals surface area contributed by atoms with Crippen molar-refractivity contribution in [3.8, 4) is 5.75 Å². The van der Waals surface area contributed by atoms with Crippen LogP contribution in [0.2, 0.25) is 0 Å². The molecule has 0 saturated carbocycles. The molecule has 0 amide bonds. The van der Waals surface area contributed by atoms with E-state index in [0.29, 0.717) is 38.8 Å². The minimum atomic E-state index is -1.05. The average molecular weight is 784 g/mol. The van der Waals surface area contributed by atoms with E-state index in [1.165, 1.54) is 0 Å². The summed E-state index contributed by atoms with van der Waals surface area (Å²) in [6, 6.07) is 6.16. The van der Waals surface area contributed by atoms with E-state index in [1.807, 2.05) is 6.92 Å². The SMILES string of the molecule is CCOCCOCCOc1ccc(C[C@@H](C(=O)O)N2CCN(CC(=O)O)CCN(CC(=O)O)CCN(CC(=O)O)CC2)cc1.[Gd]. The van der Waals surface area contributed by atoms with Gasteiger partial charge in [-0.2, -0.15) is 0 Å². The summed E-state index contributed by atoms with van der Waals surface area (Å²) in [4.78, 5) is 53.7. The van der Waals surface area contributed by atoms with Crippen LogP contribution >= 0.6 is 0 Å². The Labute approximate surface area is 295 Å². The summed E-state index contributed by atoms with van der Waals surface area (Å²) >= 11 is 0. The molecule has 0 radical (unpaired) electrons. The molecule has 15 nitrogen and oxygen atoms in total. The van der Waals surface area contributed by atoms with Crippen LogP contribution in [-0.4, -0.2) is 175 Å². The van der Waals surface area contributed by atoms with Crippen LogP contribution in [0.4, 0.5) is 0 Å². The largest absolute Gasteiger partial charge is 0.491 e. The molecular weight excluding hydrogens is 738 g/mol. The second-order valence-corrected chi connectivity index (χ2v) is 10.4. The number of ether oxygens (including phenoxy) is 3. The summed E-state index contributed by atoms with van der Waals surface area (Å²) in [5.41, 5.74) is 0.762. The fraction of sp³-hybridized carbons (Fsp3) is 0.655. The predicted molar refractivity (Wildman–Crippen MR) is 158 cm³/mol. The van der Waals surface area contributed by atoms with Gasteiger partial charge in [0.25, 0.3) is 0 Å². The molecule has 1 aromatic rings. The van der Waals surface area contributed by atoms with Crippen LogP contribution in [-0.2, 0) is 35.1 Å². The normalized spacial score (nSPS) is 16.9. The molecule has 1 aliphatic heterocycles. The third-order valence-corrected chi connectivity index (χ3v) is 7.10. The Hall–Kier alpha value is -2.02. The summed E-state index contributed by atoms with van der Waals surface area (Å²) in [5.74, 6) is -3.57. The second kappa shape index (κ2) is 23.3. The number of carboxylic acid groups (broad SMARTS) is 4. The van der Waals surface area contributed by atoms with Crippen LogP contribution in [0.15, 0.2) is 24.3 Å². The molecule has 1 saturated heterocycles. The molecule has 45 heavy (non-hydrogen) atoms. The van der Waals surface area contributed by atoms with Gasteiger partial charge in [-0.25, -0.2) is 0 Å². The van der Waals surface area contributed by atoms with Gasteiger partial charge in [0.15, 0.2) is 0 Å². The maximum atomic E-state index is 12.5. The molecule has 0 aliphatic carbocycles. The molecule has 1 aromatic carbocycles. The number of rotatable bonds is 18. The molecule has 0 aromatic heterocycles. The number of carbonyl (C=O) groups is 4. The zero-order valence-electron chi connectivity index (χ0n) is 25.7. The van der Waals surface area contributed by atoms with E-state index in [9.17, 15) is 39.6 Å². The van der Waals surface area contributed by atoms with Crippen molar-refractivity contribution < 1.29 is 93.8 Å². The van der Waals surface area contributed by atoms with Gasteiger partial charge in [-0.3, -0.25) is 38.8 Å². The van der Waals surface area contributed by atoms with E-state index >= 15 is 0 Å². The molecule has 0 bridgehead atoms. The van der Waals surface area contributed by atoms with Crippen LogP contribution in [0.25, 0.3) is 0 Å². The van der Waals surface area contributed by atoms with Gasteiger partial charge in [-0.15, -0.1) is 0 Å². The van der Waals surface area contributed by atoms with Crippen molar-refractivity contribution in [3.05, 3.63) is 29.8 Å². The van der Waals surface area contributed by atoms with E-state index in [4.69, 9.17) is 14.2 Å². The number of nitrogens with zero attached hydrogens (tertiary/aromatic N) is 4. The van der Waals surface area contributed by atoms with Gasteiger partial charge >= 0.3 is 23.9 Å². The van der Waals surface area contributed by atoms with Gasteiger partial charge in [-0.05, 0) is 31.0 Å². The topological polar surface area (TPSA) is 190 Å². The fourth-order valence-corrected chi connectivity index (χ4v) is 4.81. The maximum Gasteiger partial charge on any atom is 0.321 e. The maximum absolute atomic E-state index is 12.5. The van der Waals surface area contributed by atoms with Gasteiger partial charge in [0, 0.05) is 98.9 Å². The van der Waals surface area contributed by atoms with Gasteiger partial charge in [0.2, 0.25) is 0 Å². The molecule has 1 heterocycles. The van der Waals surface area contributed by atoms with Crippen molar-refractivity contribution in [3.63, 3.8) is 0 Å². The molecule has 16 heteroatoms. The summed E-state index contributed by atoms with van der Waals surface area (Å²) in [6.45, 7) is 5.40. The van der Waals surface area contributed by atoms with Crippen molar-refractivity contribution >= 4 is 23.9 Å². The quantitative estimate of drug-likeness (QED) is 0.141. The Morgan fingerprint density at radius 3 is 1.51 bits per heavy atom. The number of hydrogen-bond donors (Lipinski definition) is 4. The minimum absolute atomic E-state index is 0. The van der Waals surface area contributed by atoms with Gasteiger partial charge < -0.3 is 34.6 Å². The Morgan fingerprint density at radius 1 is 0.667 bits per heavy atom. The molecule has 256 valence electrons. The molecule has 4 N–H and O–H groups in total. The zero-order valence-corrected chi connectivity index (χ0v) is 28.0. The zero-order chi connectivity index (χ0) is 32.3. The molecule has 2 rings (SSSR count). The minimum Gasteiger partial charge on any atom is -0.491 e. The first-order chi connectivity index (χ1) is 21.1. The summed E-state index contributed by atoms with van der Waals surface area (Å²) in [5, 5.41) is 38.4. The van der Waals surface area contributed by atoms with Crippen molar-refractivity contribution in [2.75, 3.05) is 105 Å². The van der Waals surface area contributed by atoms with Crippen LogP contribution in [0.1, 0.15) is 12.5 Å². The number of carboxylic acids is 4. The Balaban J connectivity index is 0.0000101. The number of hydrogen-bond acceptors (Lipinski definition) is 11. The summed E-state index contributed by atoms with van der Waals surface area (Å²) in [6.07, 6.45) is 0.167. The third kappa shape index (κ3) is 18.0. The first kappa shape index (κ1) is 41.0. The van der Waals surface area contributed by atoms with Crippen LogP contribution < -0.4 is 4.74 Å². The van der Waals surface area contributed by atoms with E-state index in [2.05, 4.69) is 0 Å². The van der Waals surface area contributed by atoms with E-state index in [-0.39, 0.29) is 118 Å². The van der Waals surface area contributed by atoms with Crippen molar-refractivity contribution in [1.29, 1.82) is 0 Å².